The van der Waals surface area contributed by atoms with Gasteiger partial charge in [0.2, 0.25) is 0 Å². The minimum Gasteiger partial charge on any atom is -0.508 e. The summed E-state index contributed by atoms with van der Waals surface area (Å²) >= 11 is 5.61. The molecule has 2 aromatic rings. The molecule has 90 valence electrons. The maximum Gasteiger partial charge on any atom is 0.139 e. The normalized spacial score (nSPS) is 9.29. The zero-order valence-corrected chi connectivity index (χ0v) is 10.1. The Morgan fingerprint density at radius 1 is 1.00 bits per heavy atom. The van der Waals surface area contributed by atoms with Gasteiger partial charge in [0.25, 0.3) is 0 Å². The number of para-hydroxylation sites is 1. The molecule has 0 aromatic heterocycles. The van der Waals surface area contributed by atoms with Gasteiger partial charge in [0.1, 0.15) is 16.5 Å². The highest BCUT2D eigenvalue weighted by Gasteiger charge is 2.03. The van der Waals surface area contributed by atoms with E-state index in [2.05, 4.69) is 0 Å². The van der Waals surface area contributed by atoms with Crippen molar-refractivity contribution in [2.75, 3.05) is 5.73 Å². The standard InChI is InChI=1S/C7H8ClNO.C6H6O/c1-4-2-3-5(9)6(8)7(4)10;7-6-4-2-1-3-5-6/h2-3,10H,9H2,1H3;1-5,7H. The summed E-state index contributed by atoms with van der Waals surface area (Å²) in [5.74, 6) is 0.393. The van der Waals surface area contributed by atoms with Crippen molar-refractivity contribution in [1.82, 2.24) is 0 Å². The second kappa shape index (κ2) is 6.01. The van der Waals surface area contributed by atoms with E-state index in [1.165, 1.54) is 0 Å². The van der Waals surface area contributed by atoms with Crippen LogP contribution < -0.4 is 5.73 Å². The van der Waals surface area contributed by atoms with E-state index in [0.29, 0.717) is 11.4 Å². The number of aryl methyl sites for hydroxylation is 1. The number of rotatable bonds is 0. The molecule has 4 N–H and O–H groups in total. The number of anilines is 1. The number of hydrogen-bond acceptors (Lipinski definition) is 3. The van der Waals surface area contributed by atoms with Gasteiger partial charge in [-0.25, -0.2) is 0 Å². The Morgan fingerprint density at radius 2 is 1.59 bits per heavy atom. The first kappa shape index (κ1) is 13.2. The SMILES string of the molecule is Cc1ccc(N)c(Cl)c1O.Oc1ccccc1. The quantitative estimate of drug-likeness (QED) is 0.629. The lowest BCUT2D eigenvalue weighted by Crippen LogP contribution is -1.86. The van der Waals surface area contributed by atoms with Crippen LogP contribution in [0.25, 0.3) is 0 Å². The molecule has 0 spiro atoms. The molecular formula is C13H14ClNO2. The third-order valence-corrected chi connectivity index (χ3v) is 2.50. The highest BCUT2D eigenvalue weighted by molar-refractivity contribution is 6.34. The minimum absolute atomic E-state index is 0.0710. The van der Waals surface area contributed by atoms with Crippen molar-refractivity contribution in [3.63, 3.8) is 0 Å². The van der Waals surface area contributed by atoms with Crippen LogP contribution in [0.5, 0.6) is 11.5 Å². The zero-order valence-electron chi connectivity index (χ0n) is 9.39. The predicted molar refractivity (Wildman–Crippen MR) is 70.4 cm³/mol. The summed E-state index contributed by atoms with van der Waals surface area (Å²) in [7, 11) is 0. The average molecular weight is 252 g/mol. The molecule has 0 saturated carbocycles. The van der Waals surface area contributed by atoms with E-state index in [0.717, 1.165) is 5.56 Å². The number of nitrogen functional groups attached to an aromatic ring is 1. The molecule has 0 aliphatic heterocycles. The van der Waals surface area contributed by atoms with Crippen LogP contribution in [0.2, 0.25) is 5.02 Å². The number of aromatic hydroxyl groups is 2. The molecule has 0 saturated heterocycles. The lowest BCUT2D eigenvalue weighted by Gasteiger charge is -2.02. The Bertz CT molecular complexity index is 459. The molecule has 0 aliphatic rings. The van der Waals surface area contributed by atoms with Gasteiger partial charge in [-0.05, 0) is 30.7 Å². The molecule has 0 amide bonds. The molecule has 0 fully saturated rings. The summed E-state index contributed by atoms with van der Waals surface area (Å²) < 4.78 is 0. The average Bonchev–Trinajstić information content (AvgIpc) is 2.33. The Labute approximate surface area is 105 Å². The predicted octanol–water partition coefficient (Wildman–Crippen LogP) is 3.33. The Morgan fingerprint density at radius 3 is 2.00 bits per heavy atom. The fourth-order valence-electron chi connectivity index (χ4n) is 1.10. The highest BCUT2D eigenvalue weighted by atomic mass is 35.5. The summed E-state index contributed by atoms with van der Waals surface area (Å²) in [5.41, 5.74) is 6.54. The van der Waals surface area contributed by atoms with Crippen LogP contribution in [0.15, 0.2) is 42.5 Å². The van der Waals surface area contributed by atoms with Crippen molar-refractivity contribution in [1.29, 1.82) is 0 Å². The second-order valence-corrected chi connectivity index (χ2v) is 3.85. The van der Waals surface area contributed by atoms with Gasteiger partial charge >= 0.3 is 0 Å². The van der Waals surface area contributed by atoms with E-state index >= 15 is 0 Å². The largest absolute Gasteiger partial charge is 0.508 e. The number of nitrogens with two attached hydrogens (primary N) is 1. The maximum atomic E-state index is 9.18. The van der Waals surface area contributed by atoms with Gasteiger partial charge < -0.3 is 15.9 Å². The topological polar surface area (TPSA) is 66.5 Å². The van der Waals surface area contributed by atoms with Crippen molar-refractivity contribution in [3.05, 3.63) is 53.1 Å². The van der Waals surface area contributed by atoms with Crippen LogP contribution in [-0.2, 0) is 0 Å². The van der Waals surface area contributed by atoms with E-state index in [9.17, 15) is 5.11 Å². The van der Waals surface area contributed by atoms with Crippen molar-refractivity contribution in [3.8, 4) is 11.5 Å². The zero-order chi connectivity index (χ0) is 12.8. The molecule has 4 heteroatoms. The molecule has 0 radical (unpaired) electrons. The number of halogens is 1. The lowest BCUT2D eigenvalue weighted by molar-refractivity contribution is 0.471. The number of benzene rings is 2. The van der Waals surface area contributed by atoms with Crippen LogP contribution in [0.4, 0.5) is 5.69 Å². The van der Waals surface area contributed by atoms with Crippen LogP contribution in [0.3, 0.4) is 0 Å². The first-order chi connectivity index (χ1) is 8.02. The minimum atomic E-state index is 0.0710. The van der Waals surface area contributed by atoms with Gasteiger partial charge in [0.05, 0.1) is 5.69 Å². The number of phenolic OH excluding ortho intramolecular Hbond substituents is 2. The van der Waals surface area contributed by atoms with Crippen molar-refractivity contribution >= 4 is 17.3 Å². The molecule has 17 heavy (non-hydrogen) atoms. The molecule has 0 atom stereocenters. The summed E-state index contributed by atoms with van der Waals surface area (Å²) in [6.07, 6.45) is 0. The third-order valence-electron chi connectivity index (χ3n) is 2.10. The number of hydrogen-bond donors (Lipinski definition) is 3. The Balaban J connectivity index is 0.000000181. The fourth-order valence-corrected chi connectivity index (χ4v) is 1.32. The summed E-state index contributed by atoms with van der Waals surface area (Å²) in [4.78, 5) is 0. The van der Waals surface area contributed by atoms with Crippen LogP contribution in [0.1, 0.15) is 5.56 Å². The fraction of sp³-hybridized carbons (Fsp3) is 0.0769. The maximum absolute atomic E-state index is 9.18. The molecule has 0 bridgehead atoms. The monoisotopic (exact) mass is 251 g/mol. The smallest absolute Gasteiger partial charge is 0.139 e. The van der Waals surface area contributed by atoms with Gasteiger partial charge in [-0.15, -0.1) is 0 Å². The molecule has 2 rings (SSSR count). The molecular weight excluding hydrogens is 238 g/mol. The van der Waals surface area contributed by atoms with Gasteiger partial charge in [-0.3, -0.25) is 0 Å². The van der Waals surface area contributed by atoms with Crippen LogP contribution in [0, 0.1) is 6.92 Å². The summed E-state index contributed by atoms with van der Waals surface area (Å²) in [6, 6.07) is 12.1. The van der Waals surface area contributed by atoms with E-state index in [4.69, 9.17) is 22.4 Å². The Kier molecular flexibility index (Phi) is 4.67. The molecule has 3 nitrogen and oxygen atoms in total. The van der Waals surface area contributed by atoms with Crippen LogP contribution in [-0.4, -0.2) is 10.2 Å². The van der Waals surface area contributed by atoms with E-state index in [1.807, 2.05) is 6.07 Å². The molecule has 0 heterocycles. The summed E-state index contributed by atoms with van der Waals surface area (Å²) in [6.45, 7) is 1.76. The van der Waals surface area contributed by atoms with Gasteiger partial charge in [-0.2, -0.15) is 0 Å². The molecule has 0 aliphatic carbocycles. The van der Waals surface area contributed by atoms with Crippen molar-refractivity contribution in [2.24, 2.45) is 0 Å². The second-order valence-electron chi connectivity index (χ2n) is 3.47. The molecule has 2 aromatic carbocycles. The first-order valence-electron chi connectivity index (χ1n) is 5.00. The van der Waals surface area contributed by atoms with Crippen molar-refractivity contribution < 1.29 is 10.2 Å². The van der Waals surface area contributed by atoms with Gasteiger partial charge in [0, 0.05) is 0 Å². The molecule has 0 unspecified atom stereocenters. The van der Waals surface area contributed by atoms with E-state index in [-0.39, 0.29) is 10.8 Å². The van der Waals surface area contributed by atoms with Gasteiger partial charge in [0.15, 0.2) is 0 Å². The van der Waals surface area contributed by atoms with E-state index in [1.54, 1.807) is 43.3 Å². The van der Waals surface area contributed by atoms with E-state index < -0.39 is 0 Å². The van der Waals surface area contributed by atoms with Gasteiger partial charge in [-0.1, -0.05) is 35.9 Å². The van der Waals surface area contributed by atoms with Crippen molar-refractivity contribution in [2.45, 2.75) is 6.92 Å². The lowest BCUT2D eigenvalue weighted by atomic mass is 10.2. The summed E-state index contributed by atoms with van der Waals surface area (Å²) in [5, 5.41) is 18.0. The first-order valence-corrected chi connectivity index (χ1v) is 5.37. The van der Waals surface area contributed by atoms with Crippen LogP contribution >= 0.6 is 11.6 Å². The number of phenols is 2. The highest BCUT2D eigenvalue weighted by Crippen LogP contribution is 2.31. The Hall–Kier alpha value is -1.87. The third kappa shape index (κ3) is 3.89.